The average molecular weight is 226 g/mol. The maximum absolute atomic E-state index is 8.55. The number of halogens is 3. The Bertz CT molecular complexity index is 272. The van der Waals surface area contributed by atoms with Crippen LogP contribution in [0.15, 0.2) is 24.3 Å². The van der Waals surface area contributed by atoms with E-state index in [0.717, 1.165) is 0 Å². The summed E-state index contributed by atoms with van der Waals surface area (Å²) in [6.07, 6.45) is 0. The fourth-order valence-electron chi connectivity index (χ4n) is 0.765. The molecule has 0 spiro atoms. The molecule has 0 aromatic heterocycles. The van der Waals surface area contributed by atoms with Crippen LogP contribution in [0.25, 0.3) is 0 Å². The highest BCUT2D eigenvalue weighted by molar-refractivity contribution is 6.66. The van der Waals surface area contributed by atoms with Gasteiger partial charge in [0.05, 0.1) is 5.69 Å². The van der Waals surface area contributed by atoms with Crippen molar-refractivity contribution in [1.82, 2.24) is 0 Å². The predicted molar refractivity (Wildman–Crippen MR) is 51.1 cm³/mol. The standard InChI is InChI=1S/C7H6Cl3NO/c8-7(9,10)5-2-1-3-6(4-5)11-12/h1-4,11-12H. The molecule has 5 heteroatoms. The third-order valence-electron chi connectivity index (χ3n) is 1.32. The summed E-state index contributed by atoms with van der Waals surface area (Å²) in [7, 11) is 0. The molecule has 0 amide bonds. The van der Waals surface area contributed by atoms with Crippen LogP contribution in [0.1, 0.15) is 5.56 Å². The van der Waals surface area contributed by atoms with Crippen LogP contribution in [-0.2, 0) is 3.79 Å². The second kappa shape index (κ2) is 3.71. The summed E-state index contributed by atoms with van der Waals surface area (Å²) in [5, 5.41) is 8.55. The second-order valence-electron chi connectivity index (χ2n) is 2.19. The van der Waals surface area contributed by atoms with Gasteiger partial charge in [0.25, 0.3) is 0 Å². The van der Waals surface area contributed by atoms with Crippen molar-refractivity contribution in [3.63, 3.8) is 0 Å². The SMILES string of the molecule is ONc1cccc(C(Cl)(Cl)Cl)c1. The van der Waals surface area contributed by atoms with Crippen LogP contribution in [0.4, 0.5) is 5.69 Å². The molecule has 0 heterocycles. The van der Waals surface area contributed by atoms with Crippen molar-refractivity contribution < 1.29 is 5.21 Å². The molecule has 0 saturated carbocycles. The van der Waals surface area contributed by atoms with Crippen LogP contribution >= 0.6 is 34.8 Å². The number of rotatable bonds is 1. The third-order valence-corrected chi connectivity index (χ3v) is 1.97. The summed E-state index contributed by atoms with van der Waals surface area (Å²) < 4.78 is -1.45. The molecule has 66 valence electrons. The van der Waals surface area contributed by atoms with Crippen molar-refractivity contribution in [2.75, 3.05) is 5.48 Å². The van der Waals surface area contributed by atoms with E-state index in [0.29, 0.717) is 11.3 Å². The maximum atomic E-state index is 8.55. The molecule has 2 N–H and O–H groups in total. The number of alkyl halides is 3. The summed E-state index contributed by atoms with van der Waals surface area (Å²) >= 11 is 16.8. The molecule has 1 aromatic carbocycles. The van der Waals surface area contributed by atoms with E-state index in [-0.39, 0.29) is 0 Å². The highest BCUT2D eigenvalue weighted by atomic mass is 35.6. The van der Waals surface area contributed by atoms with Crippen LogP contribution in [0.2, 0.25) is 0 Å². The first kappa shape index (κ1) is 9.93. The molecule has 0 unspecified atom stereocenters. The zero-order chi connectivity index (χ0) is 9.19. The van der Waals surface area contributed by atoms with E-state index in [4.69, 9.17) is 40.0 Å². The van der Waals surface area contributed by atoms with Crippen LogP contribution in [0.3, 0.4) is 0 Å². The lowest BCUT2D eigenvalue weighted by molar-refractivity contribution is 0.389. The molecular weight excluding hydrogens is 220 g/mol. The van der Waals surface area contributed by atoms with Gasteiger partial charge in [-0.15, -0.1) is 0 Å². The third kappa shape index (κ3) is 2.42. The van der Waals surface area contributed by atoms with Crippen molar-refractivity contribution >= 4 is 40.5 Å². The first-order chi connectivity index (χ1) is 5.54. The quantitative estimate of drug-likeness (QED) is 0.569. The highest BCUT2D eigenvalue weighted by Gasteiger charge is 2.22. The molecule has 2 nitrogen and oxygen atoms in total. The van der Waals surface area contributed by atoms with Crippen LogP contribution in [-0.4, -0.2) is 5.21 Å². The minimum absolute atomic E-state index is 0.485. The molecule has 12 heavy (non-hydrogen) atoms. The summed E-state index contributed by atoms with van der Waals surface area (Å²) in [6, 6.07) is 6.54. The van der Waals surface area contributed by atoms with Gasteiger partial charge in [0.15, 0.2) is 0 Å². The number of hydrogen-bond donors (Lipinski definition) is 2. The molecular formula is C7H6Cl3NO. The Balaban J connectivity index is 3.02. The number of anilines is 1. The molecule has 0 fully saturated rings. The van der Waals surface area contributed by atoms with Gasteiger partial charge in [0.1, 0.15) is 0 Å². The lowest BCUT2D eigenvalue weighted by Gasteiger charge is -2.11. The van der Waals surface area contributed by atoms with Crippen LogP contribution in [0.5, 0.6) is 0 Å². The Morgan fingerprint density at radius 3 is 2.42 bits per heavy atom. The summed E-state index contributed by atoms with van der Waals surface area (Å²) in [4.78, 5) is 0. The monoisotopic (exact) mass is 225 g/mol. The van der Waals surface area contributed by atoms with Gasteiger partial charge >= 0.3 is 0 Å². The molecule has 0 radical (unpaired) electrons. The van der Waals surface area contributed by atoms with Gasteiger partial charge in [0.2, 0.25) is 3.79 Å². The zero-order valence-corrected chi connectivity index (χ0v) is 8.16. The summed E-state index contributed by atoms with van der Waals surface area (Å²) in [5.41, 5.74) is 2.95. The first-order valence-corrected chi connectivity index (χ1v) is 4.25. The largest absolute Gasteiger partial charge is 0.291 e. The second-order valence-corrected chi connectivity index (χ2v) is 4.47. The minimum Gasteiger partial charge on any atom is -0.291 e. The molecule has 0 aliphatic heterocycles. The predicted octanol–water partition coefficient (Wildman–Crippen LogP) is 3.31. The molecule has 1 rings (SSSR count). The minimum atomic E-state index is -1.45. The Morgan fingerprint density at radius 2 is 1.92 bits per heavy atom. The molecule has 0 aliphatic carbocycles. The van der Waals surface area contributed by atoms with Crippen LogP contribution < -0.4 is 5.48 Å². The van der Waals surface area contributed by atoms with Crippen molar-refractivity contribution in [2.45, 2.75) is 3.79 Å². The Morgan fingerprint density at radius 1 is 1.25 bits per heavy atom. The normalized spacial score (nSPS) is 11.3. The van der Waals surface area contributed by atoms with E-state index < -0.39 is 3.79 Å². The van der Waals surface area contributed by atoms with Gasteiger partial charge in [-0.25, -0.2) is 0 Å². The Hall–Kier alpha value is -0.150. The van der Waals surface area contributed by atoms with E-state index in [2.05, 4.69) is 0 Å². The smallest absolute Gasteiger partial charge is 0.216 e. The van der Waals surface area contributed by atoms with Gasteiger partial charge < -0.3 is 0 Å². The molecule has 0 aliphatic rings. The molecule has 0 saturated heterocycles. The van der Waals surface area contributed by atoms with E-state index in [9.17, 15) is 0 Å². The van der Waals surface area contributed by atoms with E-state index >= 15 is 0 Å². The van der Waals surface area contributed by atoms with Crippen molar-refractivity contribution in [1.29, 1.82) is 0 Å². The maximum Gasteiger partial charge on any atom is 0.216 e. The van der Waals surface area contributed by atoms with Gasteiger partial charge in [-0.3, -0.25) is 10.7 Å². The fourth-order valence-corrected chi connectivity index (χ4v) is 1.12. The van der Waals surface area contributed by atoms with E-state index in [1.54, 1.807) is 24.3 Å². The number of nitrogens with one attached hydrogen (secondary N) is 1. The van der Waals surface area contributed by atoms with Crippen molar-refractivity contribution in [2.24, 2.45) is 0 Å². The zero-order valence-electron chi connectivity index (χ0n) is 5.89. The highest BCUT2D eigenvalue weighted by Crippen LogP contribution is 2.38. The lowest BCUT2D eigenvalue weighted by atomic mass is 10.2. The van der Waals surface area contributed by atoms with Gasteiger partial charge in [-0.1, -0.05) is 46.9 Å². The van der Waals surface area contributed by atoms with E-state index in [1.807, 2.05) is 5.48 Å². The average Bonchev–Trinajstić information content (AvgIpc) is 2.03. The molecule has 0 atom stereocenters. The van der Waals surface area contributed by atoms with Crippen molar-refractivity contribution in [3.8, 4) is 0 Å². The topological polar surface area (TPSA) is 32.3 Å². The Kier molecular flexibility index (Phi) is 3.07. The van der Waals surface area contributed by atoms with Gasteiger partial charge in [-0.2, -0.15) is 0 Å². The summed E-state index contributed by atoms with van der Waals surface area (Å²) in [5.74, 6) is 0. The Labute approximate surface area is 85.0 Å². The van der Waals surface area contributed by atoms with Gasteiger partial charge in [-0.05, 0) is 12.1 Å². The lowest BCUT2D eigenvalue weighted by Crippen LogP contribution is -2.00. The number of benzene rings is 1. The van der Waals surface area contributed by atoms with E-state index in [1.165, 1.54) is 0 Å². The molecule has 1 aromatic rings. The summed E-state index contributed by atoms with van der Waals surface area (Å²) in [6.45, 7) is 0. The molecule has 0 bridgehead atoms. The first-order valence-electron chi connectivity index (χ1n) is 3.11. The number of hydrogen-bond acceptors (Lipinski definition) is 2. The van der Waals surface area contributed by atoms with Crippen molar-refractivity contribution in [3.05, 3.63) is 29.8 Å². The fraction of sp³-hybridized carbons (Fsp3) is 0.143. The van der Waals surface area contributed by atoms with Gasteiger partial charge in [0, 0.05) is 5.56 Å². The van der Waals surface area contributed by atoms with Crippen LogP contribution in [0, 0.1) is 0 Å².